The Morgan fingerprint density at radius 3 is 2.21 bits per heavy atom. The molecule has 0 aliphatic heterocycles. The van der Waals surface area contributed by atoms with Crippen molar-refractivity contribution >= 4 is 23.5 Å². The Morgan fingerprint density at radius 1 is 1.21 bits per heavy atom. The van der Waals surface area contributed by atoms with Gasteiger partial charge in [0.1, 0.15) is 11.6 Å². The zero-order valence-electron chi connectivity index (χ0n) is 11.5. The molecule has 0 radical (unpaired) electrons. The van der Waals surface area contributed by atoms with Crippen molar-refractivity contribution in [3.63, 3.8) is 0 Å². The van der Waals surface area contributed by atoms with Crippen molar-refractivity contribution < 1.29 is 14.3 Å². The highest BCUT2D eigenvalue weighted by Gasteiger charge is 2.23. The summed E-state index contributed by atoms with van der Waals surface area (Å²) in [6, 6.07) is 5.73. The standard InChI is InChI=1S/C14H18ClNO3/c1-9(13(18)19-14(2,3)4)16-12(17)10-5-7-11(15)8-6-10/h5-9H,1-4H3,(H,16,17)/t9-/m1/s1. The van der Waals surface area contributed by atoms with Gasteiger partial charge in [-0.3, -0.25) is 4.79 Å². The number of ether oxygens (including phenoxy) is 1. The quantitative estimate of drug-likeness (QED) is 0.868. The maximum atomic E-state index is 11.9. The van der Waals surface area contributed by atoms with E-state index in [1.54, 1.807) is 52.0 Å². The van der Waals surface area contributed by atoms with Crippen LogP contribution < -0.4 is 5.32 Å². The van der Waals surface area contributed by atoms with Crippen LogP contribution in [0.3, 0.4) is 0 Å². The van der Waals surface area contributed by atoms with Gasteiger partial charge in [-0.2, -0.15) is 0 Å². The number of hydrogen-bond donors (Lipinski definition) is 1. The van der Waals surface area contributed by atoms with Crippen LogP contribution in [0.15, 0.2) is 24.3 Å². The van der Waals surface area contributed by atoms with Crippen LogP contribution in [0.1, 0.15) is 38.1 Å². The Bertz CT molecular complexity index is 463. The highest BCUT2D eigenvalue weighted by Crippen LogP contribution is 2.11. The van der Waals surface area contributed by atoms with E-state index in [4.69, 9.17) is 16.3 Å². The van der Waals surface area contributed by atoms with Gasteiger partial charge < -0.3 is 10.1 Å². The second kappa shape index (κ2) is 6.06. The van der Waals surface area contributed by atoms with Crippen molar-refractivity contribution in [1.82, 2.24) is 5.32 Å². The topological polar surface area (TPSA) is 55.4 Å². The fraction of sp³-hybridized carbons (Fsp3) is 0.429. The van der Waals surface area contributed by atoms with Gasteiger partial charge in [-0.05, 0) is 52.0 Å². The number of esters is 1. The van der Waals surface area contributed by atoms with Crippen LogP contribution in [0.4, 0.5) is 0 Å². The molecule has 0 aliphatic rings. The number of nitrogens with one attached hydrogen (secondary N) is 1. The van der Waals surface area contributed by atoms with Gasteiger partial charge in [-0.25, -0.2) is 4.79 Å². The van der Waals surface area contributed by atoms with Gasteiger partial charge in [-0.1, -0.05) is 11.6 Å². The Balaban J connectivity index is 2.61. The van der Waals surface area contributed by atoms with E-state index in [2.05, 4.69) is 5.32 Å². The molecular weight excluding hydrogens is 266 g/mol. The van der Waals surface area contributed by atoms with E-state index in [0.29, 0.717) is 10.6 Å². The predicted molar refractivity (Wildman–Crippen MR) is 74.2 cm³/mol. The van der Waals surface area contributed by atoms with Gasteiger partial charge in [0.05, 0.1) is 0 Å². The molecule has 5 heteroatoms. The SMILES string of the molecule is C[C@@H](NC(=O)c1ccc(Cl)cc1)C(=O)OC(C)(C)C. The van der Waals surface area contributed by atoms with Crippen molar-refractivity contribution in [2.75, 3.05) is 0 Å². The molecule has 1 aromatic carbocycles. The molecule has 104 valence electrons. The Morgan fingerprint density at radius 2 is 1.74 bits per heavy atom. The summed E-state index contributed by atoms with van der Waals surface area (Å²) < 4.78 is 5.18. The molecule has 4 nitrogen and oxygen atoms in total. The second-order valence-electron chi connectivity index (χ2n) is 5.24. The maximum absolute atomic E-state index is 11.9. The van der Waals surface area contributed by atoms with E-state index < -0.39 is 17.6 Å². The van der Waals surface area contributed by atoms with Gasteiger partial charge in [0.25, 0.3) is 5.91 Å². The fourth-order valence-electron chi connectivity index (χ4n) is 1.33. The summed E-state index contributed by atoms with van der Waals surface area (Å²) in [5.74, 6) is -0.801. The fourth-order valence-corrected chi connectivity index (χ4v) is 1.46. The number of halogens is 1. The van der Waals surface area contributed by atoms with Crippen molar-refractivity contribution in [1.29, 1.82) is 0 Å². The zero-order valence-corrected chi connectivity index (χ0v) is 12.2. The monoisotopic (exact) mass is 283 g/mol. The van der Waals surface area contributed by atoms with Crippen LogP contribution in [0.25, 0.3) is 0 Å². The number of carbonyl (C=O) groups excluding carboxylic acids is 2. The molecule has 0 aromatic heterocycles. The molecule has 1 aromatic rings. The minimum atomic E-state index is -0.706. The van der Waals surface area contributed by atoms with Gasteiger partial charge in [0, 0.05) is 10.6 Å². The minimum Gasteiger partial charge on any atom is -0.458 e. The van der Waals surface area contributed by atoms with Crippen molar-refractivity contribution in [2.24, 2.45) is 0 Å². The van der Waals surface area contributed by atoms with Crippen LogP contribution in [0, 0.1) is 0 Å². The summed E-state index contributed by atoms with van der Waals surface area (Å²) in [7, 11) is 0. The highest BCUT2D eigenvalue weighted by molar-refractivity contribution is 6.30. The second-order valence-corrected chi connectivity index (χ2v) is 5.67. The van der Waals surface area contributed by atoms with Crippen molar-refractivity contribution in [3.8, 4) is 0 Å². The lowest BCUT2D eigenvalue weighted by Gasteiger charge is -2.22. The Kier molecular flexibility index (Phi) is 4.95. The summed E-state index contributed by atoms with van der Waals surface area (Å²) in [5, 5.41) is 3.13. The summed E-state index contributed by atoms with van der Waals surface area (Å²) in [6.45, 7) is 6.91. The molecular formula is C14H18ClNO3. The molecule has 0 saturated carbocycles. The van der Waals surface area contributed by atoms with E-state index in [-0.39, 0.29) is 5.91 Å². The minimum absolute atomic E-state index is 0.338. The van der Waals surface area contributed by atoms with Gasteiger partial charge in [0.2, 0.25) is 0 Å². The molecule has 1 amide bonds. The van der Waals surface area contributed by atoms with Crippen LogP contribution in [0.2, 0.25) is 5.02 Å². The molecule has 0 saturated heterocycles. The number of hydrogen-bond acceptors (Lipinski definition) is 3. The van der Waals surface area contributed by atoms with E-state index >= 15 is 0 Å². The lowest BCUT2D eigenvalue weighted by atomic mass is 10.2. The molecule has 19 heavy (non-hydrogen) atoms. The van der Waals surface area contributed by atoms with E-state index in [1.165, 1.54) is 0 Å². The van der Waals surface area contributed by atoms with Crippen LogP contribution >= 0.6 is 11.6 Å². The summed E-state index contributed by atoms with van der Waals surface area (Å²) >= 11 is 5.74. The largest absolute Gasteiger partial charge is 0.458 e. The summed E-state index contributed by atoms with van der Waals surface area (Å²) in [5.41, 5.74) is -0.129. The van der Waals surface area contributed by atoms with E-state index in [0.717, 1.165) is 0 Å². The van der Waals surface area contributed by atoms with Crippen molar-refractivity contribution in [3.05, 3.63) is 34.9 Å². The highest BCUT2D eigenvalue weighted by atomic mass is 35.5. The van der Waals surface area contributed by atoms with Gasteiger partial charge in [-0.15, -0.1) is 0 Å². The third-order valence-electron chi connectivity index (χ3n) is 2.21. The van der Waals surface area contributed by atoms with E-state index in [1.807, 2.05) is 0 Å². The third kappa shape index (κ3) is 5.30. The summed E-state index contributed by atoms with van der Waals surface area (Å²) in [6.07, 6.45) is 0. The average molecular weight is 284 g/mol. The molecule has 0 aliphatic carbocycles. The van der Waals surface area contributed by atoms with Gasteiger partial charge in [0.15, 0.2) is 0 Å². The number of rotatable bonds is 3. The predicted octanol–water partition coefficient (Wildman–Crippen LogP) is 2.80. The molecule has 1 N–H and O–H groups in total. The Hall–Kier alpha value is -1.55. The van der Waals surface area contributed by atoms with Crippen LogP contribution in [0.5, 0.6) is 0 Å². The first kappa shape index (κ1) is 15.5. The lowest BCUT2D eigenvalue weighted by molar-refractivity contribution is -0.156. The maximum Gasteiger partial charge on any atom is 0.328 e. The summed E-state index contributed by atoms with van der Waals surface area (Å²) in [4.78, 5) is 23.6. The lowest BCUT2D eigenvalue weighted by Crippen LogP contribution is -2.42. The molecule has 1 rings (SSSR count). The Labute approximate surface area is 118 Å². The number of amides is 1. The molecule has 0 spiro atoms. The zero-order chi connectivity index (χ0) is 14.6. The van der Waals surface area contributed by atoms with Crippen molar-refractivity contribution in [2.45, 2.75) is 39.3 Å². The average Bonchev–Trinajstić information content (AvgIpc) is 2.27. The first-order chi connectivity index (χ1) is 8.69. The first-order valence-corrected chi connectivity index (χ1v) is 6.36. The normalized spacial score (nSPS) is 12.7. The van der Waals surface area contributed by atoms with E-state index in [9.17, 15) is 9.59 Å². The third-order valence-corrected chi connectivity index (χ3v) is 2.47. The van der Waals surface area contributed by atoms with Gasteiger partial charge >= 0.3 is 5.97 Å². The molecule has 0 bridgehead atoms. The molecule has 0 unspecified atom stereocenters. The molecule has 0 heterocycles. The first-order valence-electron chi connectivity index (χ1n) is 5.98. The number of carbonyl (C=O) groups is 2. The molecule has 1 atom stereocenters. The van der Waals surface area contributed by atoms with Crippen LogP contribution in [-0.2, 0) is 9.53 Å². The molecule has 0 fully saturated rings. The smallest absolute Gasteiger partial charge is 0.328 e. The number of benzene rings is 1. The van der Waals surface area contributed by atoms with Crippen LogP contribution in [-0.4, -0.2) is 23.5 Å².